The predicted octanol–water partition coefficient (Wildman–Crippen LogP) is 9.07. The Kier molecular flexibility index (Phi) is 10.0. The number of carbonyl (C=O) groups excluding carboxylic acids is 2. The summed E-state index contributed by atoms with van der Waals surface area (Å²) in [5.74, 6) is 0.682. The van der Waals surface area contributed by atoms with E-state index in [1.54, 1.807) is 0 Å². The minimum Gasteiger partial charge on any atom is -0.444 e. The summed E-state index contributed by atoms with van der Waals surface area (Å²) < 4.78 is 10.6. The van der Waals surface area contributed by atoms with Gasteiger partial charge in [0.25, 0.3) is 0 Å². The Morgan fingerprint density at radius 1 is 0.575 bits per heavy atom. The summed E-state index contributed by atoms with van der Waals surface area (Å²) in [6, 6.07) is 24.7. The van der Waals surface area contributed by atoms with Gasteiger partial charge in [0.2, 0.25) is 0 Å². The van der Waals surface area contributed by atoms with Crippen LogP contribution in [0.4, 0.5) is 21.0 Å². The summed E-state index contributed by atoms with van der Waals surface area (Å²) >= 11 is 0. The molecule has 0 radical (unpaired) electrons. The summed E-state index contributed by atoms with van der Waals surface area (Å²) in [5, 5.41) is 5.56. The molecule has 0 aliphatic heterocycles. The first-order chi connectivity index (χ1) is 18.7. The van der Waals surface area contributed by atoms with Crippen molar-refractivity contribution in [2.75, 3.05) is 10.6 Å². The molecule has 3 rings (SSSR count). The Morgan fingerprint density at radius 2 is 0.875 bits per heavy atom. The first-order valence-electron chi connectivity index (χ1n) is 13.9. The van der Waals surface area contributed by atoms with Crippen LogP contribution in [0.5, 0.6) is 0 Å². The molecular weight excluding hydrogens is 500 g/mol. The standard InChI is InChI=1S/C34H44N2O4/c1-23(27-13-17-29(18-14-27)35-31(37)39-33(3,4)5)21-25-9-11-26(12-10-25)22-24(2)28-15-19-30(20-16-28)36-32(38)40-34(6,7)8/h9-20,23-24H,21-22H2,1-8H3,(H,35,37)(H,36,38). The normalized spacial score (nSPS) is 13.2. The number of carbonyl (C=O) groups is 2. The van der Waals surface area contributed by atoms with Crippen LogP contribution in [0.1, 0.15) is 89.5 Å². The Morgan fingerprint density at radius 3 is 1.15 bits per heavy atom. The summed E-state index contributed by atoms with van der Waals surface area (Å²) in [5.41, 5.74) is 5.40. The summed E-state index contributed by atoms with van der Waals surface area (Å²) in [7, 11) is 0. The zero-order valence-electron chi connectivity index (χ0n) is 25.1. The average Bonchev–Trinajstić information content (AvgIpc) is 2.83. The molecule has 3 aromatic rings. The highest BCUT2D eigenvalue weighted by Gasteiger charge is 2.17. The molecule has 0 saturated carbocycles. The van der Waals surface area contributed by atoms with Crippen LogP contribution in [0.25, 0.3) is 0 Å². The van der Waals surface area contributed by atoms with Gasteiger partial charge in [-0.2, -0.15) is 0 Å². The first-order valence-corrected chi connectivity index (χ1v) is 13.9. The lowest BCUT2D eigenvalue weighted by molar-refractivity contribution is 0.0624. The van der Waals surface area contributed by atoms with Crippen molar-refractivity contribution in [3.8, 4) is 0 Å². The molecule has 0 spiro atoms. The second kappa shape index (κ2) is 13.0. The number of hydrogen-bond acceptors (Lipinski definition) is 4. The van der Waals surface area contributed by atoms with Crippen molar-refractivity contribution in [1.82, 2.24) is 0 Å². The largest absolute Gasteiger partial charge is 0.444 e. The number of hydrogen-bond donors (Lipinski definition) is 2. The van der Waals surface area contributed by atoms with Gasteiger partial charge in [-0.3, -0.25) is 10.6 Å². The summed E-state index contributed by atoms with van der Waals surface area (Å²) in [6.45, 7) is 15.5. The van der Waals surface area contributed by atoms with Crippen LogP contribution in [0.15, 0.2) is 72.8 Å². The fraction of sp³-hybridized carbons (Fsp3) is 0.412. The van der Waals surface area contributed by atoms with Crippen molar-refractivity contribution in [2.45, 2.75) is 91.3 Å². The second-order valence-electron chi connectivity index (χ2n) is 12.5. The number of rotatable bonds is 8. The van der Waals surface area contributed by atoms with Crippen molar-refractivity contribution in [3.63, 3.8) is 0 Å². The van der Waals surface area contributed by atoms with E-state index in [2.05, 4.69) is 73.0 Å². The van der Waals surface area contributed by atoms with Crippen molar-refractivity contribution in [3.05, 3.63) is 95.1 Å². The SMILES string of the molecule is CC(Cc1ccc(CC(C)c2ccc(NC(=O)OC(C)(C)C)cc2)cc1)c1ccc(NC(=O)OC(C)(C)C)cc1. The predicted molar refractivity (Wildman–Crippen MR) is 163 cm³/mol. The maximum atomic E-state index is 12.0. The first kappa shape index (κ1) is 30.7. The number of ether oxygens (including phenoxy) is 2. The molecule has 214 valence electrons. The Bertz CT molecular complexity index is 1150. The van der Waals surface area contributed by atoms with Gasteiger partial charge in [0, 0.05) is 11.4 Å². The van der Waals surface area contributed by atoms with Crippen molar-refractivity contribution in [1.29, 1.82) is 0 Å². The van der Waals surface area contributed by atoms with Gasteiger partial charge in [0.05, 0.1) is 0 Å². The van der Waals surface area contributed by atoms with Crippen LogP contribution in [0, 0.1) is 0 Å². The van der Waals surface area contributed by atoms with Crippen LogP contribution >= 0.6 is 0 Å². The van der Waals surface area contributed by atoms with Crippen molar-refractivity contribution >= 4 is 23.6 Å². The van der Waals surface area contributed by atoms with Crippen molar-refractivity contribution in [2.24, 2.45) is 0 Å². The van der Waals surface area contributed by atoms with Gasteiger partial charge in [-0.25, -0.2) is 9.59 Å². The lowest BCUT2D eigenvalue weighted by atomic mass is 9.91. The zero-order chi connectivity index (χ0) is 29.5. The summed E-state index contributed by atoms with van der Waals surface area (Å²) in [4.78, 5) is 24.0. The fourth-order valence-electron chi connectivity index (χ4n) is 4.39. The third-order valence-corrected chi connectivity index (χ3v) is 6.36. The van der Waals surface area contributed by atoms with Crippen molar-refractivity contribution < 1.29 is 19.1 Å². The van der Waals surface area contributed by atoms with E-state index in [0.717, 1.165) is 24.2 Å². The van der Waals surface area contributed by atoms with Gasteiger partial charge < -0.3 is 9.47 Å². The monoisotopic (exact) mass is 544 g/mol. The highest BCUT2D eigenvalue weighted by atomic mass is 16.6. The quantitative estimate of drug-likeness (QED) is 0.296. The van der Waals surface area contributed by atoms with E-state index in [-0.39, 0.29) is 0 Å². The van der Waals surface area contributed by atoms with Gasteiger partial charge in [0.15, 0.2) is 0 Å². The van der Waals surface area contributed by atoms with Gasteiger partial charge in [0.1, 0.15) is 11.2 Å². The highest BCUT2D eigenvalue weighted by molar-refractivity contribution is 5.85. The number of amides is 2. The number of benzene rings is 3. The molecule has 2 unspecified atom stereocenters. The smallest absolute Gasteiger partial charge is 0.412 e. The van der Waals surface area contributed by atoms with Crippen LogP contribution in [-0.2, 0) is 22.3 Å². The Balaban J connectivity index is 1.50. The molecule has 0 bridgehead atoms. The molecule has 0 aliphatic rings. The molecule has 0 aliphatic carbocycles. The molecule has 3 aromatic carbocycles. The zero-order valence-corrected chi connectivity index (χ0v) is 25.1. The second-order valence-corrected chi connectivity index (χ2v) is 12.5. The lowest BCUT2D eigenvalue weighted by Gasteiger charge is -2.20. The molecule has 2 N–H and O–H groups in total. The van der Waals surface area contributed by atoms with Crippen LogP contribution in [0.3, 0.4) is 0 Å². The van der Waals surface area contributed by atoms with E-state index in [1.807, 2.05) is 65.8 Å². The fourth-order valence-corrected chi connectivity index (χ4v) is 4.39. The molecular formula is C34H44N2O4. The van der Waals surface area contributed by atoms with E-state index < -0.39 is 23.4 Å². The molecule has 6 heteroatoms. The topological polar surface area (TPSA) is 76.7 Å². The van der Waals surface area contributed by atoms with Gasteiger partial charge in [-0.05, 0) is 113 Å². The maximum absolute atomic E-state index is 12.0. The van der Waals surface area contributed by atoms with Gasteiger partial charge in [-0.1, -0.05) is 62.4 Å². The highest BCUT2D eigenvalue weighted by Crippen LogP contribution is 2.25. The molecule has 0 aromatic heterocycles. The summed E-state index contributed by atoms with van der Waals surface area (Å²) in [6.07, 6.45) is 0.964. The molecule has 0 heterocycles. The van der Waals surface area contributed by atoms with E-state index in [9.17, 15) is 9.59 Å². The van der Waals surface area contributed by atoms with Crippen LogP contribution < -0.4 is 10.6 Å². The third kappa shape index (κ3) is 10.4. The molecule has 0 saturated heterocycles. The molecule has 0 fully saturated rings. The van der Waals surface area contributed by atoms with E-state index in [4.69, 9.17) is 9.47 Å². The van der Waals surface area contributed by atoms with E-state index >= 15 is 0 Å². The average molecular weight is 545 g/mol. The minimum absolute atomic E-state index is 0.341. The Labute approximate surface area is 239 Å². The molecule has 40 heavy (non-hydrogen) atoms. The third-order valence-electron chi connectivity index (χ3n) is 6.36. The lowest BCUT2D eigenvalue weighted by Crippen LogP contribution is -2.27. The number of anilines is 2. The van der Waals surface area contributed by atoms with Crippen LogP contribution in [-0.4, -0.2) is 23.4 Å². The maximum Gasteiger partial charge on any atom is 0.412 e. The van der Waals surface area contributed by atoms with E-state index in [0.29, 0.717) is 11.8 Å². The van der Waals surface area contributed by atoms with Gasteiger partial charge >= 0.3 is 12.2 Å². The minimum atomic E-state index is -0.528. The molecule has 2 amide bonds. The van der Waals surface area contributed by atoms with E-state index in [1.165, 1.54) is 22.3 Å². The molecule has 6 nitrogen and oxygen atoms in total. The van der Waals surface area contributed by atoms with Crippen LogP contribution in [0.2, 0.25) is 0 Å². The number of nitrogens with one attached hydrogen (secondary N) is 2. The molecule has 2 atom stereocenters. The van der Waals surface area contributed by atoms with Gasteiger partial charge in [-0.15, -0.1) is 0 Å². The Hall–Kier alpha value is -3.80.